The van der Waals surface area contributed by atoms with Crippen LogP contribution in [-0.4, -0.2) is 13.2 Å². The number of nitrogens with one attached hydrogen (secondary N) is 1. The smallest absolute Gasteiger partial charge is 0.308 e. The van der Waals surface area contributed by atoms with Gasteiger partial charge in [0, 0.05) is 6.04 Å². The van der Waals surface area contributed by atoms with Gasteiger partial charge >= 0.3 is 7.60 Å². The second-order valence-corrected chi connectivity index (χ2v) is 7.60. The Morgan fingerprint density at radius 1 is 0.875 bits per heavy atom. The Labute approximate surface area is 144 Å². The van der Waals surface area contributed by atoms with Crippen molar-refractivity contribution in [3.05, 3.63) is 71.8 Å². The number of rotatable bonds is 9. The predicted molar refractivity (Wildman–Crippen MR) is 98.0 cm³/mol. The van der Waals surface area contributed by atoms with Crippen LogP contribution < -0.4 is 5.32 Å². The van der Waals surface area contributed by atoms with Crippen LogP contribution in [0, 0.1) is 0 Å². The molecule has 0 aliphatic carbocycles. The second-order valence-electron chi connectivity index (χ2n) is 5.49. The van der Waals surface area contributed by atoms with Crippen LogP contribution in [-0.2, 0) is 13.6 Å². The van der Waals surface area contributed by atoms with Gasteiger partial charge in [0.05, 0.1) is 13.2 Å². The highest BCUT2D eigenvalue weighted by molar-refractivity contribution is 7.54. The lowest BCUT2D eigenvalue weighted by atomic mass is 10.1. The van der Waals surface area contributed by atoms with Crippen LogP contribution in [0.1, 0.15) is 43.7 Å². The molecule has 4 nitrogen and oxygen atoms in total. The van der Waals surface area contributed by atoms with Crippen LogP contribution in [0.2, 0.25) is 0 Å². The minimum Gasteiger partial charge on any atom is -0.308 e. The first-order valence-corrected chi connectivity index (χ1v) is 9.96. The van der Waals surface area contributed by atoms with Crippen molar-refractivity contribution < 1.29 is 13.6 Å². The van der Waals surface area contributed by atoms with Crippen molar-refractivity contribution in [2.75, 3.05) is 13.2 Å². The first-order chi connectivity index (χ1) is 11.6. The maximum Gasteiger partial charge on any atom is 0.351 e. The van der Waals surface area contributed by atoms with Gasteiger partial charge in [-0.2, -0.15) is 0 Å². The van der Waals surface area contributed by atoms with E-state index in [1.54, 1.807) is 0 Å². The van der Waals surface area contributed by atoms with Crippen molar-refractivity contribution in [3.8, 4) is 0 Å². The Hall–Kier alpha value is -1.45. The molecule has 1 N–H and O–H groups in total. The van der Waals surface area contributed by atoms with Crippen LogP contribution in [0.3, 0.4) is 0 Å². The summed E-state index contributed by atoms with van der Waals surface area (Å²) in [6, 6.07) is 19.8. The Morgan fingerprint density at radius 3 is 1.79 bits per heavy atom. The first kappa shape index (κ1) is 18.9. The van der Waals surface area contributed by atoms with E-state index in [0.29, 0.717) is 13.2 Å². The Bertz CT molecular complexity index is 638. The molecule has 2 rings (SSSR count). The summed E-state index contributed by atoms with van der Waals surface area (Å²) in [6.07, 6.45) is 0. The summed E-state index contributed by atoms with van der Waals surface area (Å²) in [5.74, 6) is -0.520. The van der Waals surface area contributed by atoms with Crippen LogP contribution in [0.5, 0.6) is 0 Å². The molecule has 0 aromatic heterocycles. The fourth-order valence-electron chi connectivity index (χ4n) is 2.63. The maximum absolute atomic E-state index is 13.4. The molecule has 0 spiro atoms. The van der Waals surface area contributed by atoms with Gasteiger partial charge in [-0.15, -0.1) is 0 Å². The molecule has 0 aliphatic rings. The lowest BCUT2D eigenvalue weighted by molar-refractivity contribution is 0.205. The number of benzene rings is 2. The Morgan fingerprint density at radius 2 is 1.33 bits per heavy atom. The van der Waals surface area contributed by atoms with Crippen molar-refractivity contribution in [2.24, 2.45) is 0 Å². The molecule has 5 heteroatoms. The van der Waals surface area contributed by atoms with E-state index in [9.17, 15) is 4.57 Å². The van der Waals surface area contributed by atoms with Crippen molar-refractivity contribution in [3.63, 3.8) is 0 Å². The molecule has 0 bridgehead atoms. The van der Waals surface area contributed by atoms with E-state index in [1.807, 2.05) is 81.4 Å². The summed E-state index contributed by atoms with van der Waals surface area (Å²) < 4.78 is 24.6. The second kappa shape index (κ2) is 9.14. The van der Waals surface area contributed by atoms with Gasteiger partial charge in [0.25, 0.3) is 0 Å². The summed E-state index contributed by atoms with van der Waals surface area (Å²) in [4.78, 5) is 0. The third-order valence-electron chi connectivity index (χ3n) is 3.76. The average molecular weight is 347 g/mol. The standard InChI is InChI=1S/C19H26NO3P/c1-4-22-24(21,23-5-2)19(18-14-10-7-11-15-18)20-16(3)17-12-8-6-9-13-17/h6-16,19-20H,4-5H2,1-3H3. The molecule has 0 saturated heterocycles. The molecule has 130 valence electrons. The molecular formula is C19H26NO3P. The van der Waals surface area contributed by atoms with E-state index >= 15 is 0 Å². The fraction of sp³-hybridized carbons (Fsp3) is 0.368. The molecule has 0 saturated carbocycles. The minimum atomic E-state index is -3.34. The molecule has 0 heterocycles. The summed E-state index contributed by atoms with van der Waals surface area (Å²) >= 11 is 0. The highest BCUT2D eigenvalue weighted by Crippen LogP contribution is 2.60. The third-order valence-corrected chi connectivity index (χ3v) is 6.07. The van der Waals surface area contributed by atoms with E-state index in [-0.39, 0.29) is 6.04 Å². The van der Waals surface area contributed by atoms with E-state index in [2.05, 4.69) is 5.32 Å². The molecule has 2 aromatic rings. The first-order valence-electron chi connectivity index (χ1n) is 8.35. The van der Waals surface area contributed by atoms with Gasteiger partial charge in [0.1, 0.15) is 5.78 Å². The summed E-state index contributed by atoms with van der Waals surface area (Å²) in [5, 5.41) is 3.45. The third kappa shape index (κ3) is 4.78. The normalized spacial score (nSPS) is 14.3. The molecule has 2 aromatic carbocycles. The zero-order chi connectivity index (χ0) is 17.4. The number of hydrogen-bond acceptors (Lipinski definition) is 4. The SMILES string of the molecule is CCOP(=O)(OCC)C(NC(C)c1ccccc1)c1ccccc1. The van der Waals surface area contributed by atoms with Crippen LogP contribution in [0.25, 0.3) is 0 Å². The molecule has 0 aliphatic heterocycles. The lowest BCUT2D eigenvalue weighted by Crippen LogP contribution is -2.26. The van der Waals surface area contributed by atoms with Crippen LogP contribution in [0.15, 0.2) is 60.7 Å². The van der Waals surface area contributed by atoms with Gasteiger partial charge in [-0.3, -0.25) is 9.88 Å². The fourth-order valence-corrected chi connectivity index (χ4v) is 4.66. The monoisotopic (exact) mass is 347 g/mol. The average Bonchev–Trinajstić information content (AvgIpc) is 2.61. The van der Waals surface area contributed by atoms with Gasteiger partial charge in [-0.1, -0.05) is 60.7 Å². The lowest BCUT2D eigenvalue weighted by Gasteiger charge is -2.30. The molecule has 0 amide bonds. The topological polar surface area (TPSA) is 47.6 Å². The van der Waals surface area contributed by atoms with Gasteiger partial charge in [-0.05, 0) is 31.9 Å². The van der Waals surface area contributed by atoms with Crippen LogP contribution in [0.4, 0.5) is 0 Å². The molecule has 24 heavy (non-hydrogen) atoms. The van der Waals surface area contributed by atoms with E-state index in [4.69, 9.17) is 9.05 Å². The largest absolute Gasteiger partial charge is 0.351 e. The zero-order valence-electron chi connectivity index (χ0n) is 14.5. The van der Waals surface area contributed by atoms with Gasteiger partial charge in [0.2, 0.25) is 0 Å². The van der Waals surface area contributed by atoms with Crippen molar-refractivity contribution in [2.45, 2.75) is 32.6 Å². The summed E-state index contributed by atoms with van der Waals surface area (Å²) in [6.45, 7) is 6.38. The quantitative estimate of drug-likeness (QED) is 0.625. The van der Waals surface area contributed by atoms with Crippen LogP contribution >= 0.6 is 7.60 Å². The number of hydrogen-bond donors (Lipinski definition) is 1. The van der Waals surface area contributed by atoms with Gasteiger partial charge in [0.15, 0.2) is 0 Å². The molecular weight excluding hydrogens is 321 g/mol. The van der Waals surface area contributed by atoms with E-state index in [1.165, 1.54) is 0 Å². The molecule has 0 fully saturated rings. The van der Waals surface area contributed by atoms with E-state index < -0.39 is 13.4 Å². The molecule has 2 atom stereocenters. The Kier molecular flexibility index (Phi) is 7.19. The highest BCUT2D eigenvalue weighted by atomic mass is 31.2. The predicted octanol–water partition coefficient (Wildman–Crippen LogP) is 5.30. The van der Waals surface area contributed by atoms with E-state index in [0.717, 1.165) is 11.1 Å². The van der Waals surface area contributed by atoms with Gasteiger partial charge in [-0.25, -0.2) is 0 Å². The maximum atomic E-state index is 13.4. The highest BCUT2D eigenvalue weighted by Gasteiger charge is 2.37. The van der Waals surface area contributed by atoms with Gasteiger partial charge < -0.3 is 9.05 Å². The zero-order valence-corrected chi connectivity index (χ0v) is 15.4. The summed E-state index contributed by atoms with van der Waals surface area (Å²) in [7, 11) is -3.34. The Balaban J connectivity index is 2.34. The van der Waals surface area contributed by atoms with Crippen molar-refractivity contribution >= 4 is 7.60 Å². The molecule has 2 unspecified atom stereocenters. The van der Waals surface area contributed by atoms with Crippen molar-refractivity contribution in [1.82, 2.24) is 5.32 Å². The molecule has 0 radical (unpaired) electrons. The summed E-state index contributed by atoms with van der Waals surface area (Å²) in [5.41, 5.74) is 2.02. The van der Waals surface area contributed by atoms with Crippen molar-refractivity contribution in [1.29, 1.82) is 0 Å². The minimum absolute atomic E-state index is 0.00523.